The Bertz CT molecular complexity index is 374. The topological polar surface area (TPSA) is 87.3 Å². The highest BCUT2D eigenvalue weighted by atomic mass is 35.5. The fourth-order valence-electron chi connectivity index (χ4n) is 1.67. The highest BCUT2D eigenvalue weighted by molar-refractivity contribution is 5.86. The van der Waals surface area contributed by atoms with E-state index in [0.29, 0.717) is 23.7 Å². The van der Waals surface area contributed by atoms with Crippen LogP contribution in [0, 0.1) is 0 Å². The summed E-state index contributed by atoms with van der Waals surface area (Å²) >= 11 is 0. The molecular formula is C13H26Cl3N3O. The highest BCUT2D eigenvalue weighted by Gasteiger charge is 2.19. The number of nitrogens with two attached hydrogens (primary N) is 3. The second-order valence-corrected chi connectivity index (χ2v) is 4.47. The first-order chi connectivity index (χ1) is 8.00. The van der Waals surface area contributed by atoms with Crippen LogP contribution in [0.2, 0.25) is 0 Å². The predicted molar refractivity (Wildman–Crippen MR) is 94.6 cm³/mol. The number of nitrogen functional groups attached to an aromatic ring is 2. The molecule has 0 atom stereocenters. The molecule has 0 aromatic heterocycles. The van der Waals surface area contributed by atoms with E-state index in [9.17, 15) is 0 Å². The van der Waals surface area contributed by atoms with Crippen LogP contribution in [0.5, 0.6) is 5.75 Å². The van der Waals surface area contributed by atoms with E-state index in [1.807, 2.05) is 0 Å². The van der Waals surface area contributed by atoms with Gasteiger partial charge in [-0.05, 0) is 37.5 Å². The van der Waals surface area contributed by atoms with Crippen LogP contribution in [0.25, 0.3) is 0 Å². The Morgan fingerprint density at radius 2 is 1.60 bits per heavy atom. The van der Waals surface area contributed by atoms with Crippen molar-refractivity contribution in [1.82, 2.24) is 0 Å². The quantitative estimate of drug-likeness (QED) is 0.689. The lowest BCUT2D eigenvalue weighted by molar-refractivity contribution is 0.248. The summed E-state index contributed by atoms with van der Waals surface area (Å²) in [6.45, 7) is 4.77. The summed E-state index contributed by atoms with van der Waals surface area (Å²) in [4.78, 5) is 0. The van der Waals surface area contributed by atoms with Crippen LogP contribution in [0.3, 0.4) is 0 Å². The lowest BCUT2D eigenvalue weighted by Crippen LogP contribution is -2.39. The number of halogens is 3. The number of anilines is 2. The van der Waals surface area contributed by atoms with Gasteiger partial charge in [-0.1, -0.05) is 13.8 Å². The molecule has 7 heteroatoms. The monoisotopic (exact) mass is 345 g/mol. The van der Waals surface area contributed by atoms with Crippen LogP contribution >= 0.6 is 37.2 Å². The van der Waals surface area contributed by atoms with Gasteiger partial charge in [0.05, 0.1) is 12.3 Å². The number of hydrogen-bond acceptors (Lipinski definition) is 4. The average Bonchev–Trinajstić information content (AvgIpc) is 2.32. The Balaban J connectivity index is -0.000000963. The molecule has 0 aliphatic carbocycles. The average molecular weight is 347 g/mol. The number of ether oxygens (including phenoxy) is 1. The summed E-state index contributed by atoms with van der Waals surface area (Å²) in [5, 5.41) is 0. The predicted octanol–water partition coefficient (Wildman–Crippen LogP) is 3.40. The molecule has 120 valence electrons. The molecule has 0 saturated heterocycles. The number of hydrogen-bond donors (Lipinski definition) is 3. The lowest BCUT2D eigenvalue weighted by atomic mass is 9.91. The van der Waals surface area contributed by atoms with Crippen molar-refractivity contribution in [3.05, 3.63) is 18.2 Å². The van der Waals surface area contributed by atoms with Gasteiger partial charge in [-0.2, -0.15) is 0 Å². The molecule has 0 aliphatic heterocycles. The van der Waals surface area contributed by atoms with E-state index in [-0.39, 0.29) is 42.8 Å². The van der Waals surface area contributed by atoms with E-state index >= 15 is 0 Å². The molecule has 1 aromatic carbocycles. The molecule has 0 aliphatic rings. The molecule has 1 aromatic rings. The molecule has 0 heterocycles. The molecule has 0 bridgehead atoms. The first-order valence-electron chi connectivity index (χ1n) is 6.07. The molecule has 0 spiro atoms. The van der Waals surface area contributed by atoms with E-state index in [2.05, 4.69) is 13.8 Å². The Morgan fingerprint density at radius 3 is 2.05 bits per heavy atom. The van der Waals surface area contributed by atoms with E-state index in [4.69, 9.17) is 21.9 Å². The second-order valence-electron chi connectivity index (χ2n) is 4.47. The first kappa shape index (κ1) is 24.5. The summed E-state index contributed by atoms with van der Waals surface area (Å²) in [5.41, 5.74) is 18.7. The molecule has 0 saturated carbocycles. The van der Waals surface area contributed by atoms with E-state index in [0.717, 1.165) is 19.3 Å². The standard InChI is InChI=1S/C13H23N3O.3ClH/c1-3-13(16,4-2)7-8-17-12-6-5-10(14)9-11(12)15;;;/h5-6,9H,3-4,7-8,14-16H2,1-2H3;3*1H. The van der Waals surface area contributed by atoms with Crippen molar-refractivity contribution < 1.29 is 4.74 Å². The van der Waals surface area contributed by atoms with Gasteiger partial charge in [0.25, 0.3) is 0 Å². The summed E-state index contributed by atoms with van der Waals surface area (Å²) in [6, 6.07) is 5.27. The normalized spacial score (nSPS) is 9.75. The van der Waals surface area contributed by atoms with Crippen LogP contribution in [0.1, 0.15) is 33.1 Å². The minimum atomic E-state index is -0.136. The maximum absolute atomic E-state index is 6.19. The SMILES string of the molecule is CCC(N)(CC)CCOc1ccc(N)cc1N.Cl.Cl.Cl. The second kappa shape index (κ2) is 11.1. The van der Waals surface area contributed by atoms with Gasteiger partial charge in [-0.3, -0.25) is 0 Å². The van der Waals surface area contributed by atoms with Gasteiger partial charge in [0.1, 0.15) is 5.75 Å². The largest absolute Gasteiger partial charge is 0.491 e. The Hall–Kier alpha value is -0.550. The van der Waals surface area contributed by atoms with Crippen molar-refractivity contribution in [2.45, 2.75) is 38.6 Å². The van der Waals surface area contributed by atoms with Gasteiger partial charge >= 0.3 is 0 Å². The van der Waals surface area contributed by atoms with Crippen molar-refractivity contribution in [2.75, 3.05) is 18.1 Å². The molecule has 4 nitrogen and oxygen atoms in total. The lowest BCUT2D eigenvalue weighted by Gasteiger charge is -2.26. The molecule has 0 unspecified atom stereocenters. The van der Waals surface area contributed by atoms with Gasteiger partial charge in [-0.25, -0.2) is 0 Å². The van der Waals surface area contributed by atoms with E-state index in [1.54, 1.807) is 18.2 Å². The molecule has 6 N–H and O–H groups in total. The fraction of sp³-hybridized carbons (Fsp3) is 0.538. The highest BCUT2D eigenvalue weighted by Crippen LogP contribution is 2.24. The molecule has 20 heavy (non-hydrogen) atoms. The van der Waals surface area contributed by atoms with Gasteiger partial charge in [0.2, 0.25) is 0 Å². The van der Waals surface area contributed by atoms with Gasteiger partial charge in [0.15, 0.2) is 0 Å². The minimum Gasteiger partial charge on any atom is -0.491 e. The summed E-state index contributed by atoms with van der Waals surface area (Å²) in [5.74, 6) is 0.675. The van der Waals surface area contributed by atoms with Crippen molar-refractivity contribution >= 4 is 48.6 Å². The van der Waals surface area contributed by atoms with Gasteiger partial charge < -0.3 is 21.9 Å². The minimum absolute atomic E-state index is 0. The Kier molecular flexibility index (Phi) is 13.6. The van der Waals surface area contributed by atoms with Crippen molar-refractivity contribution in [3.8, 4) is 5.75 Å². The molecule has 1 rings (SSSR count). The summed E-state index contributed by atoms with van der Waals surface area (Å²) < 4.78 is 5.63. The number of benzene rings is 1. The van der Waals surface area contributed by atoms with Crippen LogP contribution in [0.4, 0.5) is 11.4 Å². The van der Waals surface area contributed by atoms with Crippen LogP contribution in [0.15, 0.2) is 18.2 Å². The van der Waals surface area contributed by atoms with Crippen LogP contribution in [-0.4, -0.2) is 12.1 Å². The van der Waals surface area contributed by atoms with Crippen LogP contribution < -0.4 is 21.9 Å². The maximum Gasteiger partial charge on any atom is 0.142 e. The Labute approximate surface area is 140 Å². The third-order valence-electron chi connectivity index (χ3n) is 3.30. The van der Waals surface area contributed by atoms with E-state index in [1.165, 1.54) is 0 Å². The van der Waals surface area contributed by atoms with Crippen molar-refractivity contribution in [3.63, 3.8) is 0 Å². The maximum atomic E-state index is 6.19. The Morgan fingerprint density at radius 1 is 1.05 bits per heavy atom. The van der Waals surface area contributed by atoms with Crippen molar-refractivity contribution in [1.29, 1.82) is 0 Å². The van der Waals surface area contributed by atoms with Crippen molar-refractivity contribution in [2.24, 2.45) is 5.73 Å². The zero-order chi connectivity index (χ0) is 12.9. The molecule has 0 fully saturated rings. The zero-order valence-electron chi connectivity index (χ0n) is 11.9. The molecule has 0 radical (unpaired) electrons. The zero-order valence-corrected chi connectivity index (χ0v) is 14.4. The summed E-state index contributed by atoms with van der Waals surface area (Å²) in [7, 11) is 0. The van der Waals surface area contributed by atoms with E-state index < -0.39 is 0 Å². The molecular weight excluding hydrogens is 321 g/mol. The third-order valence-corrected chi connectivity index (χ3v) is 3.30. The fourth-order valence-corrected chi connectivity index (χ4v) is 1.67. The van der Waals surface area contributed by atoms with Gasteiger partial charge in [0, 0.05) is 11.2 Å². The smallest absolute Gasteiger partial charge is 0.142 e. The number of rotatable bonds is 6. The van der Waals surface area contributed by atoms with Gasteiger partial charge in [-0.15, -0.1) is 37.2 Å². The molecule has 0 amide bonds. The van der Waals surface area contributed by atoms with Crippen LogP contribution in [-0.2, 0) is 0 Å². The first-order valence-corrected chi connectivity index (χ1v) is 6.07. The third kappa shape index (κ3) is 7.29. The summed E-state index contributed by atoms with van der Waals surface area (Å²) in [6.07, 6.45) is 2.72.